The molecule has 47 heavy (non-hydrogen) atoms. The molecule has 3 aliphatic heterocycles. The Balaban J connectivity index is 1.15. The fraction of sp³-hybridized carbons (Fsp3) is 0.472. The number of pyridine rings is 1. The SMILES string of the molecule is [2H]C([2H])(F)Oc1c(F)ccc2cccc(-c3ncc4c(N5CCCC[C@H]6[C@H](F)[C@H]65)nc(OCC5CN6CC(=C)CC6C56CC6)nc4c3F)c12. The van der Waals surface area contributed by atoms with Gasteiger partial charge in [-0.25, -0.2) is 17.6 Å². The Morgan fingerprint density at radius 2 is 1.98 bits per heavy atom. The van der Waals surface area contributed by atoms with E-state index in [0.717, 1.165) is 57.7 Å². The van der Waals surface area contributed by atoms with Crippen molar-refractivity contribution in [3.8, 4) is 23.0 Å². The summed E-state index contributed by atoms with van der Waals surface area (Å²) in [5.41, 5.74) is 1.18. The highest BCUT2D eigenvalue weighted by molar-refractivity contribution is 6.02. The minimum absolute atomic E-state index is 0.0127. The van der Waals surface area contributed by atoms with Gasteiger partial charge in [0.15, 0.2) is 17.4 Å². The standard InChI is InChI=1S/C36H35F4N5O2/c1-19-13-26-36(10-11-36)21(16-44(26)15-19)17-46-35-42-31-24(34(43-35)45-12-3-2-6-23-28(39)32(23)45)14-41-30(29(31)40)22-7-4-5-20-8-9-25(38)33(27(20)22)47-18-37/h4-5,7-9,14,21,23,26,28,32H,1-3,6,10-13,15-18H2/t21?,23-,26?,28-,32-/m0/s1/i18D2. The molecule has 0 amide bonds. The normalized spacial score (nSPS) is 28.6. The number of halogens is 4. The molecule has 0 N–H and O–H groups in total. The van der Waals surface area contributed by atoms with Crippen LogP contribution in [-0.2, 0) is 0 Å². The first-order valence-electron chi connectivity index (χ1n) is 17.4. The van der Waals surface area contributed by atoms with Gasteiger partial charge >= 0.3 is 6.01 Å². The first kappa shape index (κ1) is 27.0. The predicted octanol–water partition coefficient (Wildman–Crippen LogP) is 7.18. The molecule has 2 unspecified atom stereocenters. The largest absolute Gasteiger partial charge is 0.463 e. The lowest BCUT2D eigenvalue weighted by molar-refractivity contribution is 0.187. The fourth-order valence-corrected chi connectivity index (χ4v) is 8.90. The number of rotatable bonds is 7. The van der Waals surface area contributed by atoms with Gasteiger partial charge < -0.3 is 14.4 Å². The smallest absolute Gasteiger partial charge is 0.319 e. The number of hydrogen-bond donors (Lipinski definition) is 0. The number of nitrogens with zero attached hydrogens (tertiary/aromatic N) is 5. The van der Waals surface area contributed by atoms with Crippen LogP contribution >= 0.6 is 0 Å². The average molecular weight is 648 g/mol. The molecule has 5 fully saturated rings. The number of aromatic nitrogens is 3. The van der Waals surface area contributed by atoms with Crippen LogP contribution in [0.5, 0.6) is 11.8 Å². The van der Waals surface area contributed by atoms with E-state index in [0.29, 0.717) is 30.4 Å². The molecule has 2 saturated carbocycles. The van der Waals surface area contributed by atoms with Crippen molar-refractivity contribution >= 4 is 27.5 Å². The number of ether oxygens (including phenoxy) is 2. The summed E-state index contributed by atoms with van der Waals surface area (Å²) < 4.78 is 86.8. The van der Waals surface area contributed by atoms with Crippen molar-refractivity contribution < 1.29 is 29.8 Å². The van der Waals surface area contributed by atoms with Gasteiger partial charge in [0.2, 0.25) is 6.81 Å². The number of hydrogen-bond acceptors (Lipinski definition) is 7. The van der Waals surface area contributed by atoms with Crippen molar-refractivity contribution in [2.45, 2.75) is 56.8 Å². The molecule has 5 atom stereocenters. The second-order valence-corrected chi connectivity index (χ2v) is 13.9. The topological polar surface area (TPSA) is 63.6 Å². The zero-order valence-electron chi connectivity index (χ0n) is 27.7. The maximum atomic E-state index is 16.9. The van der Waals surface area contributed by atoms with Crippen LogP contribution in [0.25, 0.3) is 32.9 Å². The van der Waals surface area contributed by atoms with E-state index in [9.17, 15) is 4.39 Å². The van der Waals surface area contributed by atoms with Gasteiger partial charge in [0.25, 0.3) is 0 Å². The van der Waals surface area contributed by atoms with Crippen LogP contribution in [0, 0.1) is 28.9 Å². The summed E-state index contributed by atoms with van der Waals surface area (Å²) in [6, 6.07) is 7.20. The van der Waals surface area contributed by atoms with Gasteiger partial charge in [0, 0.05) is 54.7 Å². The van der Waals surface area contributed by atoms with Crippen molar-refractivity contribution in [1.82, 2.24) is 19.9 Å². The van der Waals surface area contributed by atoms with Gasteiger partial charge in [-0.15, -0.1) is 0 Å². The van der Waals surface area contributed by atoms with Crippen LogP contribution in [0.2, 0.25) is 0 Å². The minimum atomic E-state index is -3.70. The lowest BCUT2D eigenvalue weighted by Gasteiger charge is -2.25. The number of alkyl halides is 2. The summed E-state index contributed by atoms with van der Waals surface area (Å²) in [5, 5.41) is 0.600. The molecule has 2 aromatic carbocycles. The van der Waals surface area contributed by atoms with Crippen LogP contribution in [0.15, 0.2) is 48.7 Å². The second kappa shape index (κ2) is 10.8. The van der Waals surface area contributed by atoms with Crippen molar-refractivity contribution in [1.29, 1.82) is 0 Å². The van der Waals surface area contributed by atoms with E-state index in [1.807, 2.05) is 4.90 Å². The van der Waals surface area contributed by atoms with Crippen molar-refractivity contribution in [2.75, 3.05) is 38.0 Å². The molecule has 5 heterocycles. The Morgan fingerprint density at radius 3 is 2.81 bits per heavy atom. The maximum absolute atomic E-state index is 16.9. The number of anilines is 1. The first-order valence-corrected chi connectivity index (χ1v) is 16.4. The lowest BCUT2D eigenvalue weighted by atomic mass is 9.85. The molecule has 5 aliphatic rings. The molecule has 2 aromatic heterocycles. The highest BCUT2D eigenvalue weighted by Crippen LogP contribution is 2.63. The summed E-state index contributed by atoms with van der Waals surface area (Å²) in [7, 11) is 0. The average Bonchev–Trinajstić information content (AvgIpc) is 3.94. The van der Waals surface area contributed by atoms with Crippen LogP contribution in [0.3, 0.4) is 0 Å². The van der Waals surface area contributed by atoms with Crippen molar-refractivity contribution in [3.05, 3.63) is 60.3 Å². The summed E-state index contributed by atoms with van der Waals surface area (Å²) in [6.07, 6.45) is 6.15. The third kappa shape index (κ3) is 4.52. The summed E-state index contributed by atoms with van der Waals surface area (Å²) in [5.74, 6) is -2.08. The van der Waals surface area contributed by atoms with E-state index in [4.69, 9.17) is 17.2 Å². The molecule has 244 valence electrons. The quantitative estimate of drug-likeness (QED) is 0.156. The Kier molecular flexibility index (Phi) is 6.19. The van der Waals surface area contributed by atoms with Crippen molar-refractivity contribution in [2.24, 2.45) is 17.3 Å². The first-order chi connectivity index (χ1) is 23.5. The van der Waals surface area contributed by atoms with Gasteiger partial charge in [-0.2, -0.15) is 9.97 Å². The van der Waals surface area contributed by atoms with E-state index in [1.165, 1.54) is 23.9 Å². The van der Waals surface area contributed by atoms with Gasteiger partial charge in [-0.3, -0.25) is 9.88 Å². The third-order valence-electron chi connectivity index (χ3n) is 11.4. The highest BCUT2D eigenvalue weighted by Gasteiger charge is 2.62. The van der Waals surface area contributed by atoms with Crippen molar-refractivity contribution in [3.63, 3.8) is 0 Å². The molecule has 0 bridgehead atoms. The molecule has 4 aromatic rings. The summed E-state index contributed by atoms with van der Waals surface area (Å²) in [6.45, 7) is 3.18. The molecule has 7 nitrogen and oxygen atoms in total. The van der Waals surface area contributed by atoms with Crippen LogP contribution in [0.1, 0.15) is 41.3 Å². The van der Waals surface area contributed by atoms with Gasteiger partial charge in [0.05, 0.1) is 18.0 Å². The second-order valence-electron chi connectivity index (χ2n) is 13.9. The molecular weight excluding hydrogens is 610 g/mol. The maximum Gasteiger partial charge on any atom is 0.319 e. The zero-order valence-corrected chi connectivity index (χ0v) is 25.7. The fourth-order valence-electron chi connectivity index (χ4n) is 8.90. The van der Waals surface area contributed by atoms with E-state index < -0.39 is 30.4 Å². The van der Waals surface area contributed by atoms with Gasteiger partial charge in [-0.05, 0) is 49.0 Å². The van der Waals surface area contributed by atoms with E-state index in [1.54, 1.807) is 12.1 Å². The lowest BCUT2D eigenvalue weighted by Crippen LogP contribution is -2.30. The molecule has 11 heteroatoms. The summed E-state index contributed by atoms with van der Waals surface area (Å²) in [4.78, 5) is 18.2. The third-order valence-corrected chi connectivity index (χ3v) is 11.4. The number of benzene rings is 2. The van der Waals surface area contributed by atoms with Crippen LogP contribution in [0.4, 0.5) is 23.4 Å². The van der Waals surface area contributed by atoms with E-state index >= 15 is 13.2 Å². The van der Waals surface area contributed by atoms with Gasteiger partial charge in [0.1, 0.15) is 25.9 Å². The van der Waals surface area contributed by atoms with E-state index in [-0.39, 0.29) is 56.8 Å². The van der Waals surface area contributed by atoms with Crippen LogP contribution in [-0.4, -0.2) is 71.2 Å². The predicted molar refractivity (Wildman–Crippen MR) is 170 cm³/mol. The van der Waals surface area contributed by atoms with Crippen LogP contribution < -0.4 is 14.4 Å². The molecule has 1 spiro atoms. The van der Waals surface area contributed by atoms with Gasteiger partial charge in [-0.1, -0.05) is 42.8 Å². The Hall–Kier alpha value is -3.99. The Labute approximate surface area is 272 Å². The summed E-state index contributed by atoms with van der Waals surface area (Å²) >= 11 is 0. The molecular formula is C36H35F4N5O2. The highest BCUT2D eigenvalue weighted by atomic mass is 19.1. The molecule has 2 aliphatic carbocycles. The van der Waals surface area contributed by atoms with E-state index in [2.05, 4.69) is 21.4 Å². The number of fused-ring (bicyclic) bond motifs is 5. The minimum Gasteiger partial charge on any atom is -0.463 e. The molecule has 0 radical (unpaired) electrons. The molecule has 3 saturated heterocycles. The molecule has 9 rings (SSSR count). The zero-order chi connectivity index (χ0) is 33.8. The monoisotopic (exact) mass is 647 g/mol. The Bertz CT molecular complexity index is 2020. The Morgan fingerprint density at radius 1 is 1.11 bits per heavy atom.